The number of aromatic nitrogens is 1. The molecule has 0 aliphatic heterocycles. The van der Waals surface area contributed by atoms with Gasteiger partial charge in [0.2, 0.25) is 0 Å². The molecule has 1 rings (SSSR count). The van der Waals surface area contributed by atoms with Crippen molar-refractivity contribution in [2.75, 3.05) is 5.73 Å². The van der Waals surface area contributed by atoms with Crippen LogP contribution in [0.1, 0.15) is 5.69 Å². The molecule has 0 aliphatic carbocycles. The average Bonchev–Trinajstić information content (AvgIpc) is 2.09. The highest BCUT2D eigenvalue weighted by Gasteiger charge is 2.33. The van der Waals surface area contributed by atoms with Crippen LogP contribution >= 0.6 is 11.6 Å². The predicted octanol–water partition coefficient (Wildman–Crippen LogP) is 1.67. The minimum atomic E-state index is -4.86. The molecule has 0 bridgehead atoms. The van der Waals surface area contributed by atoms with Gasteiger partial charge in [0.15, 0.2) is 11.6 Å². The molecule has 0 fully saturated rings. The van der Waals surface area contributed by atoms with E-state index in [9.17, 15) is 13.2 Å². The number of alkyl halides is 3. The first-order valence-corrected chi connectivity index (χ1v) is 4.12. The molecule has 1 aromatic heterocycles. The van der Waals surface area contributed by atoms with Gasteiger partial charge in [0, 0.05) is 6.54 Å². The summed E-state index contributed by atoms with van der Waals surface area (Å²) < 4.78 is 39.3. The quantitative estimate of drug-likeness (QED) is 0.826. The summed E-state index contributed by atoms with van der Waals surface area (Å²) in [5.41, 5.74) is 10.7. The maximum absolute atomic E-state index is 11.9. The van der Waals surface area contributed by atoms with Gasteiger partial charge < -0.3 is 16.2 Å². The number of hydrogen-bond acceptors (Lipinski definition) is 4. The molecule has 1 aromatic rings. The van der Waals surface area contributed by atoms with Crippen LogP contribution in [0.5, 0.6) is 5.75 Å². The molecule has 4 N–H and O–H groups in total. The third kappa shape index (κ3) is 3.14. The summed E-state index contributed by atoms with van der Waals surface area (Å²) in [6.07, 6.45) is -4.86. The van der Waals surface area contributed by atoms with Crippen molar-refractivity contribution in [2.45, 2.75) is 12.9 Å². The van der Waals surface area contributed by atoms with Crippen molar-refractivity contribution >= 4 is 17.4 Å². The highest BCUT2D eigenvalue weighted by Crippen LogP contribution is 2.34. The largest absolute Gasteiger partial charge is 0.573 e. The molecular weight excluding hydrogens is 235 g/mol. The minimum absolute atomic E-state index is 0.0240. The third-order valence-corrected chi connectivity index (χ3v) is 1.71. The minimum Gasteiger partial charge on any atom is -0.400 e. The van der Waals surface area contributed by atoms with Crippen molar-refractivity contribution in [3.8, 4) is 5.75 Å². The van der Waals surface area contributed by atoms with Crippen molar-refractivity contribution in [3.05, 3.63) is 16.8 Å². The smallest absolute Gasteiger partial charge is 0.400 e. The van der Waals surface area contributed by atoms with E-state index in [-0.39, 0.29) is 17.3 Å². The molecule has 0 saturated heterocycles. The highest BCUT2D eigenvalue weighted by atomic mass is 35.5. The van der Waals surface area contributed by atoms with Gasteiger partial charge in [-0.15, -0.1) is 13.2 Å². The molecule has 0 aromatic carbocycles. The molecule has 0 amide bonds. The van der Waals surface area contributed by atoms with E-state index in [4.69, 9.17) is 23.1 Å². The number of nitrogen functional groups attached to an aromatic ring is 1. The lowest BCUT2D eigenvalue weighted by Gasteiger charge is -2.12. The lowest BCUT2D eigenvalue weighted by molar-refractivity contribution is -0.274. The Bertz CT molecular complexity index is 346. The molecule has 0 saturated carbocycles. The zero-order valence-electron chi connectivity index (χ0n) is 7.31. The summed E-state index contributed by atoms with van der Waals surface area (Å²) in [4.78, 5) is 3.58. The number of pyridine rings is 1. The number of hydrogen-bond donors (Lipinski definition) is 2. The summed E-state index contributed by atoms with van der Waals surface area (Å²) in [7, 11) is 0. The van der Waals surface area contributed by atoms with E-state index in [1.165, 1.54) is 6.07 Å². The first kappa shape index (κ1) is 11.9. The molecule has 0 radical (unpaired) electrons. The van der Waals surface area contributed by atoms with Gasteiger partial charge in [0.1, 0.15) is 0 Å². The fraction of sp³-hybridized carbons (Fsp3) is 0.286. The van der Waals surface area contributed by atoms with Gasteiger partial charge in [0.25, 0.3) is 0 Å². The van der Waals surface area contributed by atoms with Crippen LogP contribution in [0.25, 0.3) is 0 Å². The van der Waals surface area contributed by atoms with Gasteiger partial charge in [-0.05, 0) is 6.07 Å². The molecule has 0 aliphatic rings. The van der Waals surface area contributed by atoms with E-state index in [1.54, 1.807) is 0 Å². The Morgan fingerprint density at radius 3 is 2.47 bits per heavy atom. The van der Waals surface area contributed by atoms with Crippen LogP contribution in [0.3, 0.4) is 0 Å². The van der Waals surface area contributed by atoms with Crippen molar-refractivity contribution in [2.24, 2.45) is 5.73 Å². The first-order chi connectivity index (χ1) is 6.83. The molecule has 4 nitrogen and oxygen atoms in total. The Labute approximate surface area is 88.0 Å². The number of halogens is 4. The molecule has 1 heterocycles. The number of ether oxygens (including phenoxy) is 1. The van der Waals surface area contributed by atoms with Crippen molar-refractivity contribution in [1.82, 2.24) is 4.98 Å². The molecule has 0 atom stereocenters. The predicted molar refractivity (Wildman–Crippen MR) is 48.2 cm³/mol. The summed E-state index contributed by atoms with van der Waals surface area (Å²) in [5, 5.41) is -0.278. The van der Waals surface area contributed by atoms with E-state index in [0.717, 1.165) is 0 Å². The van der Waals surface area contributed by atoms with Crippen LogP contribution in [0.15, 0.2) is 6.07 Å². The second kappa shape index (κ2) is 4.11. The van der Waals surface area contributed by atoms with E-state index >= 15 is 0 Å². The van der Waals surface area contributed by atoms with Crippen LogP contribution in [-0.4, -0.2) is 11.3 Å². The Morgan fingerprint density at radius 2 is 2.07 bits per heavy atom. The normalized spacial score (nSPS) is 11.5. The molecule has 8 heteroatoms. The van der Waals surface area contributed by atoms with Gasteiger partial charge in [-0.1, -0.05) is 11.6 Å². The number of rotatable bonds is 2. The summed E-state index contributed by atoms with van der Waals surface area (Å²) in [6.45, 7) is 0.0240. The zero-order valence-corrected chi connectivity index (χ0v) is 8.06. The van der Waals surface area contributed by atoms with Gasteiger partial charge in [-0.3, -0.25) is 0 Å². The maximum Gasteiger partial charge on any atom is 0.573 e. The van der Waals surface area contributed by atoms with E-state index < -0.39 is 17.9 Å². The number of anilines is 1. The molecule has 0 spiro atoms. The SMILES string of the molecule is NCc1cc(Cl)c(OC(F)(F)F)c(N)n1. The lowest BCUT2D eigenvalue weighted by Crippen LogP contribution is -2.19. The second-order valence-corrected chi connectivity index (χ2v) is 2.97. The van der Waals surface area contributed by atoms with Gasteiger partial charge in [-0.25, -0.2) is 4.98 Å². The molecule has 15 heavy (non-hydrogen) atoms. The lowest BCUT2D eigenvalue weighted by atomic mass is 10.3. The van der Waals surface area contributed by atoms with E-state index in [2.05, 4.69) is 9.72 Å². The van der Waals surface area contributed by atoms with Crippen LogP contribution in [-0.2, 0) is 6.54 Å². The third-order valence-electron chi connectivity index (χ3n) is 1.43. The topological polar surface area (TPSA) is 74.2 Å². The van der Waals surface area contributed by atoms with E-state index in [1.807, 2.05) is 0 Å². The number of nitrogens with zero attached hydrogens (tertiary/aromatic N) is 1. The molecule has 84 valence electrons. The Hall–Kier alpha value is -1.21. The van der Waals surface area contributed by atoms with Crippen LogP contribution in [0.4, 0.5) is 19.0 Å². The van der Waals surface area contributed by atoms with Gasteiger partial charge >= 0.3 is 6.36 Å². The Kier molecular flexibility index (Phi) is 3.25. The summed E-state index contributed by atoms with van der Waals surface area (Å²) in [6, 6.07) is 1.17. The van der Waals surface area contributed by atoms with Crippen LogP contribution < -0.4 is 16.2 Å². The Morgan fingerprint density at radius 1 is 1.47 bits per heavy atom. The van der Waals surface area contributed by atoms with Gasteiger partial charge in [-0.2, -0.15) is 0 Å². The molecular formula is C7H7ClF3N3O. The first-order valence-electron chi connectivity index (χ1n) is 3.74. The fourth-order valence-corrected chi connectivity index (χ4v) is 1.15. The van der Waals surface area contributed by atoms with Crippen molar-refractivity contribution in [1.29, 1.82) is 0 Å². The van der Waals surface area contributed by atoms with Crippen LogP contribution in [0, 0.1) is 0 Å². The fourth-order valence-electron chi connectivity index (χ4n) is 0.893. The Balaban J connectivity index is 3.09. The average molecular weight is 242 g/mol. The van der Waals surface area contributed by atoms with E-state index in [0.29, 0.717) is 0 Å². The summed E-state index contributed by atoms with van der Waals surface area (Å²) >= 11 is 5.52. The molecule has 0 unspecified atom stereocenters. The second-order valence-electron chi connectivity index (χ2n) is 2.56. The van der Waals surface area contributed by atoms with Crippen LogP contribution in [0.2, 0.25) is 5.02 Å². The summed E-state index contributed by atoms with van der Waals surface area (Å²) in [5.74, 6) is -1.15. The monoisotopic (exact) mass is 241 g/mol. The van der Waals surface area contributed by atoms with Crippen molar-refractivity contribution in [3.63, 3.8) is 0 Å². The number of nitrogens with two attached hydrogens (primary N) is 2. The maximum atomic E-state index is 11.9. The standard InChI is InChI=1S/C7H7ClF3N3O/c8-4-1-3(2-12)14-6(13)5(4)15-7(9,10)11/h1H,2,12H2,(H2,13,14). The zero-order chi connectivity index (χ0) is 11.6. The highest BCUT2D eigenvalue weighted by molar-refractivity contribution is 6.32. The van der Waals surface area contributed by atoms with Gasteiger partial charge in [0.05, 0.1) is 10.7 Å². The van der Waals surface area contributed by atoms with Crippen molar-refractivity contribution < 1.29 is 17.9 Å².